The number of aryl methyl sites for hydroxylation is 1. The Labute approximate surface area is 137 Å². The maximum absolute atomic E-state index is 12.8. The predicted octanol–water partition coefficient (Wildman–Crippen LogP) is 3.58. The highest BCUT2D eigenvalue weighted by Crippen LogP contribution is 2.34. The third kappa shape index (κ3) is 3.26. The van der Waals surface area contributed by atoms with Gasteiger partial charge in [-0.3, -0.25) is 9.78 Å². The summed E-state index contributed by atoms with van der Waals surface area (Å²) < 4.78 is 0. The van der Waals surface area contributed by atoms with Crippen LogP contribution in [0.4, 0.5) is 0 Å². The second kappa shape index (κ2) is 6.90. The van der Waals surface area contributed by atoms with Crippen LogP contribution in [0.3, 0.4) is 0 Å². The quantitative estimate of drug-likeness (QED) is 0.867. The highest BCUT2D eigenvalue weighted by molar-refractivity contribution is 5.92. The number of benzene rings is 1. The average Bonchev–Trinajstić information content (AvgIpc) is 3.06. The van der Waals surface area contributed by atoms with Crippen molar-refractivity contribution in [3.05, 3.63) is 59.7 Å². The minimum absolute atomic E-state index is 0.00869. The lowest BCUT2D eigenvalue weighted by atomic mass is 9.87. The number of nitrogens with zero attached hydrogens (tertiary/aromatic N) is 3. The molecule has 4 nitrogen and oxygen atoms in total. The molecule has 1 saturated heterocycles. The molecular weight excluding hydrogens is 286 g/mol. The molecule has 0 saturated carbocycles. The molecular formula is C19H23N3O. The van der Waals surface area contributed by atoms with Crippen LogP contribution in [0, 0.1) is 6.92 Å². The third-order valence-corrected chi connectivity index (χ3v) is 4.69. The number of aromatic nitrogens is 2. The number of amides is 1. The Hall–Kier alpha value is -2.23. The molecule has 2 aromatic rings. The van der Waals surface area contributed by atoms with Gasteiger partial charge in [-0.2, -0.15) is 0 Å². The lowest BCUT2D eigenvalue weighted by molar-refractivity contribution is 0.0708. The van der Waals surface area contributed by atoms with Crippen LogP contribution in [0.5, 0.6) is 0 Å². The van der Waals surface area contributed by atoms with Crippen LogP contribution < -0.4 is 0 Å². The molecule has 1 aromatic heterocycles. The lowest BCUT2D eigenvalue weighted by Crippen LogP contribution is -2.39. The summed E-state index contributed by atoms with van der Waals surface area (Å²) in [6, 6.07) is 10.8. The number of carbonyl (C=O) groups excluding carboxylic acids is 1. The van der Waals surface area contributed by atoms with Crippen molar-refractivity contribution in [1.82, 2.24) is 14.9 Å². The third-order valence-electron chi connectivity index (χ3n) is 4.69. The first-order chi connectivity index (χ1) is 11.2. The van der Waals surface area contributed by atoms with Gasteiger partial charge in [-0.1, -0.05) is 37.3 Å². The van der Waals surface area contributed by atoms with E-state index in [2.05, 4.69) is 41.2 Å². The Bertz CT molecular complexity index is 654. The van der Waals surface area contributed by atoms with Crippen molar-refractivity contribution in [2.24, 2.45) is 0 Å². The fourth-order valence-corrected chi connectivity index (χ4v) is 3.54. The van der Waals surface area contributed by atoms with E-state index in [0.29, 0.717) is 11.6 Å². The first-order valence-electron chi connectivity index (χ1n) is 8.35. The second-order valence-electron chi connectivity index (χ2n) is 6.18. The van der Waals surface area contributed by atoms with Crippen LogP contribution in [-0.4, -0.2) is 33.4 Å². The maximum Gasteiger partial charge on any atom is 0.274 e. The van der Waals surface area contributed by atoms with E-state index in [4.69, 9.17) is 0 Å². The zero-order valence-corrected chi connectivity index (χ0v) is 13.8. The topological polar surface area (TPSA) is 46.1 Å². The van der Waals surface area contributed by atoms with Crippen LogP contribution in [0.25, 0.3) is 0 Å². The summed E-state index contributed by atoms with van der Waals surface area (Å²) in [7, 11) is 0. The average molecular weight is 309 g/mol. The fraction of sp³-hybridized carbons (Fsp3) is 0.421. The Balaban J connectivity index is 1.84. The van der Waals surface area contributed by atoms with Gasteiger partial charge in [-0.15, -0.1) is 0 Å². The molecule has 1 amide bonds. The summed E-state index contributed by atoms with van der Waals surface area (Å²) in [5.74, 6) is 0.385. The van der Waals surface area contributed by atoms with Crippen molar-refractivity contribution in [3.8, 4) is 0 Å². The van der Waals surface area contributed by atoms with E-state index < -0.39 is 0 Å². The van der Waals surface area contributed by atoms with E-state index in [1.54, 1.807) is 12.4 Å². The Morgan fingerprint density at radius 3 is 2.70 bits per heavy atom. The van der Waals surface area contributed by atoms with Crippen LogP contribution >= 0.6 is 0 Å². The van der Waals surface area contributed by atoms with Gasteiger partial charge >= 0.3 is 0 Å². The molecule has 1 aromatic carbocycles. The van der Waals surface area contributed by atoms with E-state index in [1.165, 1.54) is 5.56 Å². The standard InChI is InChI=1S/C19H23N3O/c1-3-16(15-8-5-4-6-9-15)18-10-7-11-22(18)19(23)17-13-20-14(2)12-21-17/h4-6,8-9,12-13,16,18H,3,7,10-11H2,1-2H3/t16-,18-/m0/s1. The summed E-state index contributed by atoms with van der Waals surface area (Å²) in [4.78, 5) is 23.3. The van der Waals surface area contributed by atoms with Crippen molar-refractivity contribution in [1.29, 1.82) is 0 Å². The van der Waals surface area contributed by atoms with Gasteiger partial charge < -0.3 is 4.90 Å². The summed E-state index contributed by atoms with van der Waals surface area (Å²) in [5.41, 5.74) is 2.59. The minimum atomic E-state index is 0.00869. The van der Waals surface area contributed by atoms with Crippen molar-refractivity contribution < 1.29 is 4.79 Å². The van der Waals surface area contributed by atoms with Gasteiger partial charge in [0.25, 0.3) is 5.91 Å². The molecule has 1 fully saturated rings. The molecule has 0 N–H and O–H groups in total. The molecule has 2 heterocycles. The number of hydrogen-bond donors (Lipinski definition) is 0. The first kappa shape index (κ1) is 15.7. The molecule has 4 heteroatoms. The van der Waals surface area contributed by atoms with Gasteiger partial charge in [-0.25, -0.2) is 4.98 Å². The van der Waals surface area contributed by atoms with Gasteiger partial charge in [-0.05, 0) is 31.7 Å². The summed E-state index contributed by atoms with van der Waals surface area (Å²) in [6.07, 6.45) is 6.39. The van der Waals surface area contributed by atoms with E-state index >= 15 is 0 Å². The van der Waals surface area contributed by atoms with Crippen LogP contribution in [-0.2, 0) is 0 Å². The second-order valence-corrected chi connectivity index (χ2v) is 6.18. The highest BCUT2D eigenvalue weighted by Gasteiger charge is 2.35. The Morgan fingerprint density at radius 1 is 1.26 bits per heavy atom. The zero-order valence-electron chi connectivity index (χ0n) is 13.8. The fourth-order valence-electron chi connectivity index (χ4n) is 3.54. The molecule has 0 aliphatic carbocycles. The van der Waals surface area contributed by atoms with Gasteiger partial charge in [0.1, 0.15) is 5.69 Å². The molecule has 0 radical (unpaired) electrons. The highest BCUT2D eigenvalue weighted by atomic mass is 16.2. The largest absolute Gasteiger partial charge is 0.334 e. The SMILES string of the molecule is CC[C@@H](c1ccccc1)[C@@H]1CCCN1C(=O)c1cnc(C)cn1. The van der Waals surface area contributed by atoms with Gasteiger partial charge in [0.15, 0.2) is 0 Å². The Morgan fingerprint density at radius 2 is 2.04 bits per heavy atom. The monoisotopic (exact) mass is 309 g/mol. The number of carbonyl (C=O) groups is 1. The number of hydrogen-bond acceptors (Lipinski definition) is 3. The van der Waals surface area contributed by atoms with E-state index in [1.807, 2.05) is 17.9 Å². The van der Waals surface area contributed by atoms with Crippen LogP contribution in [0.15, 0.2) is 42.7 Å². The summed E-state index contributed by atoms with van der Waals surface area (Å²) in [6.45, 7) is 4.88. The normalized spacial score (nSPS) is 18.9. The molecule has 3 rings (SSSR count). The van der Waals surface area contributed by atoms with E-state index in [9.17, 15) is 4.79 Å². The van der Waals surface area contributed by atoms with E-state index in [-0.39, 0.29) is 11.9 Å². The maximum atomic E-state index is 12.8. The number of rotatable bonds is 4. The number of likely N-dealkylation sites (tertiary alicyclic amines) is 1. The first-order valence-corrected chi connectivity index (χ1v) is 8.35. The minimum Gasteiger partial charge on any atom is -0.334 e. The van der Waals surface area contributed by atoms with Gasteiger partial charge in [0.05, 0.1) is 11.9 Å². The van der Waals surface area contributed by atoms with Gasteiger partial charge in [0.2, 0.25) is 0 Å². The molecule has 1 aliphatic rings. The van der Waals surface area contributed by atoms with Crippen LogP contribution in [0.1, 0.15) is 53.8 Å². The van der Waals surface area contributed by atoms with Gasteiger partial charge in [0, 0.05) is 24.7 Å². The molecule has 0 bridgehead atoms. The van der Waals surface area contributed by atoms with E-state index in [0.717, 1.165) is 31.5 Å². The molecule has 120 valence electrons. The van der Waals surface area contributed by atoms with Crippen molar-refractivity contribution in [2.75, 3.05) is 6.54 Å². The molecule has 23 heavy (non-hydrogen) atoms. The Kier molecular flexibility index (Phi) is 4.70. The van der Waals surface area contributed by atoms with Crippen molar-refractivity contribution in [2.45, 2.75) is 45.1 Å². The smallest absolute Gasteiger partial charge is 0.274 e. The lowest BCUT2D eigenvalue weighted by Gasteiger charge is -2.31. The summed E-state index contributed by atoms with van der Waals surface area (Å²) >= 11 is 0. The molecule has 0 spiro atoms. The van der Waals surface area contributed by atoms with Crippen molar-refractivity contribution in [3.63, 3.8) is 0 Å². The molecule has 0 unspecified atom stereocenters. The molecule has 2 atom stereocenters. The summed E-state index contributed by atoms with van der Waals surface area (Å²) in [5, 5.41) is 0. The zero-order chi connectivity index (χ0) is 16.2. The van der Waals surface area contributed by atoms with Crippen LogP contribution in [0.2, 0.25) is 0 Å². The molecule has 1 aliphatic heterocycles. The van der Waals surface area contributed by atoms with Crippen molar-refractivity contribution >= 4 is 5.91 Å². The predicted molar refractivity (Wildman–Crippen MR) is 90.3 cm³/mol.